The van der Waals surface area contributed by atoms with Crippen LogP contribution in [0.3, 0.4) is 0 Å². The van der Waals surface area contributed by atoms with Crippen LogP contribution >= 0.6 is 12.2 Å². The van der Waals surface area contributed by atoms with Crippen molar-refractivity contribution >= 4 is 12.2 Å². The Balaban J connectivity index is 1.57. The summed E-state index contributed by atoms with van der Waals surface area (Å²) in [5.74, 6) is 1.64. The van der Waals surface area contributed by atoms with Gasteiger partial charge in [-0.2, -0.15) is 10.4 Å². The van der Waals surface area contributed by atoms with Gasteiger partial charge in [0.1, 0.15) is 5.82 Å². The summed E-state index contributed by atoms with van der Waals surface area (Å²) in [6.07, 6.45) is 2.38. The third-order valence-electron chi connectivity index (χ3n) is 5.76. The first-order valence-corrected chi connectivity index (χ1v) is 11.5. The molecule has 0 aliphatic heterocycles. The molecule has 0 radical (unpaired) electrons. The average Bonchev–Trinajstić information content (AvgIpc) is 3.60. The number of nitrogens with zero attached hydrogens (tertiary/aromatic N) is 6. The molecule has 1 aromatic heterocycles. The lowest BCUT2D eigenvalue weighted by Crippen LogP contribution is -2.33. The molecule has 3 aromatic rings. The maximum Gasteiger partial charge on any atom is 0.199 e. The van der Waals surface area contributed by atoms with Gasteiger partial charge in [-0.15, -0.1) is 0 Å². The Labute approximate surface area is 195 Å². The van der Waals surface area contributed by atoms with Crippen LogP contribution < -0.4 is 0 Å². The molecule has 0 N–H and O–H groups in total. The number of hydrogen-bond acceptors (Lipinski definition) is 5. The maximum atomic E-state index is 9.07. The summed E-state index contributed by atoms with van der Waals surface area (Å²) in [5.41, 5.74) is 3.11. The second-order valence-corrected chi connectivity index (χ2v) is 9.16. The van der Waals surface area contributed by atoms with E-state index < -0.39 is 0 Å². The zero-order chi connectivity index (χ0) is 22.5. The third kappa shape index (κ3) is 5.71. The first-order chi connectivity index (χ1) is 15.5. The van der Waals surface area contributed by atoms with Crippen molar-refractivity contribution in [3.8, 4) is 6.07 Å². The predicted molar refractivity (Wildman–Crippen MR) is 129 cm³/mol. The lowest BCUT2D eigenvalue weighted by atomic mass is 10.1. The fourth-order valence-electron chi connectivity index (χ4n) is 3.78. The normalized spacial score (nSPS) is 13.6. The van der Waals surface area contributed by atoms with Crippen LogP contribution in [0.4, 0.5) is 0 Å². The molecule has 1 saturated carbocycles. The summed E-state index contributed by atoms with van der Waals surface area (Å²) >= 11 is 5.90. The Morgan fingerprint density at radius 1 is 1.03 bits per heavy atom. The summed E-state index contributed by atoms with van der Waals surface area (Å²) in [6.45, 7) is 4.04. The molecule has 1 fully saturated rings. The van der Waals surface area contributed by atoms with Gasteiger partial charge in [0.15, 0.2) is 4.77 Å². The van der Waals surface area contributed by atoms with Crippen molar-refractivity contribution in [1.29, 1.82) is 5.26 Å². The molecule has 2 aromatic carbocycles. The second-order valence-electron chi connectivity index (χ2n) is 8.79. The van der Waals surface area contributed by atoms with Gasteiger partial charge in [0.25, 0.3) is 0 Å². The van der Waals surface area contributed by atoms with Gasteiger partial charge >= 0.3 is 0 Å². The molecule has 0 atom stereocenters. The van der Waals surface area contributed by atoms with Gasteiger partial charge in [-0.25, -0.2) is 4.68 Å². The van der Waals surface area contributed by atoms with Gasteiger partial charge in [0.2, 0.25) is 0 Å². The molecule has 32 heavy (non-hydrogen) atoms. The number of hydrogen-bond donors (Lipinski definition) is 0. The average molecular weight is 447 g/mol. The zero-order valence-electron chi connectivity index (χ0n) is 18.8. The molecule has 1 aliphatic carbocycles. The summed E-state index contributed by atoms with van der Waals surface area (Å²) in [4.78, 5) is 4.56. The number of likely N-dealkylation sites (N-methyl/N-ethyl adjacent to an activating group) is 1. The molecule has 0 amide bonds. The van der Waals surface area contributed by atoms with Crippen LogP contribution in [0.25, 0.3) is 0 Å². The Kier molecular flexibility index (Phi) is 7.15. The first kappa shape index (κ1) is 22.4. The van der Waals surface area contributed by atoms with E-state index in [-0.39, 0.29) is 0 Å². The Bertz CT molecular complexity index is 1120. The Hall–Kier alpha value is -2.79. The Morgan fingerprint density at radius 3 is 2.38 bits per heavy atom. The topological polar surface area (TPSA) is 53.0 Å². The predicted octanol–water partition coefficient (Wildman–Crippen LogP) is 4.23. The van der Waals surface area contributed by atoms with Gasteiger partial charge in [-0.05, 0) is 62.4 Å². The van der Waals surface area contributed by atoms with E-state index in [2.05, 4.69) is 58.8 Å². The first-order valence-electron chi connectivity index (χ1n) is 11.1. The van der Waals surface area contributed by atoms with E-state index in [4.69, 9.17) is 22.6 Å². The van der Waals surface area contributed by atoms with E-state index in [1.807, 2.05) is 35.0 Å². The van der Waals surface area contributed by atoms with Crippen molar-refractivity contribution in [1.82, 2.24) is 24.1 Å². The minimum absolute atomic E-state index is 0.524. The van der Waals surface area contributed by atoms with E-state index >= 15 is 0 Å². The number of nitriles is 1. The van der Waals surface area contributed by atoms with Crippen molar-refractivity contribution in [2.45, 2.75) is 38.5 Å². The van der Waals surface area contributed by atoms with E-state index in [0.29, 0.717) is 18.2 Å². The largest absolute Gasteiger partial charge is 0.308 e. The van der Waals surface area contributed by atoms with Crippen molar-refractivity contribution < 1.29 is 0 Å². The summed E-state index contributed by atoms with van der Waals surface area (Å²) < 4.78 is 4.99. The molecule has 6 nitrogen and oxygen atoms in total. The van der Waals surface area contributed by atoms with Gasteiger partial charge in [-0.1, -0.05) is 42.5 Å². The van der Waals surface area contributed by atoms with E-state index in [9.17, 15) is 0 Å². The lowest BCUT2D eigenvalue weighted by molar-refractivity contribution is 0.178. The highest BCUT2D eigenvalue weighted by atomic mass is 32.1. The quantitative estimate of drug-likeness (QED) is 0.436. The van der Waals surface area contributed by atoms with Crippen LogP contribution in [0.15, 0.2) is 54.6 Å². The molecule has 0 unspecified atom stereocenters. The fourth-order valence-corrected chi connectivity index (χ4v) is 4.04. The molecule has 166 valence electrons. The standard InChI is InChI=1S/C25H30N6S/c1-28(2)14-15-29(17-22-10-8-20(16-26)9-11-22)19-31-25(32)30(24(27-31)23-12-13-23)18-21-6-4-3-5-7-21/h3-11,23H,12-15,17-19H2,1-2H3. The maximum absolute atomic E-state index is 9.07. The van der Waals surface area contributed by atoms with Crippen LogP contribution in [0, 0.1) is 16.1 Å². The van der Waals surface area contributed by atoms with Gasteiger partial charge in [-0.3, -0.25) is 9.47 Å². The highest BCUT2D eigenvalue weighted by molar-refractivity contribution is 7.71. The SMILES string of the molecule is CN(C)CCN(Cc1ccc(C#N)cc1)Cn1nc(C2CC2)n(Cc2ccccc2)c1=S. The van der Waals surface area contributed by atoms with Crippen molar-refractivity contribution in [3.05, 3.63) is 81.9 Å². The molecule has 0 saturated heterocycles. The molecule has 0 spiro atoms. The summed E-state index contributed by atoms with van der Waals surface area (Å²) in [6, 6.07) is 20.5. The van der Waals surface area contributed by atoms with Crippen LogP contribution in [0.2, 0.25) is 0 Å². The molecule has 7 heteroatoms. The highest BCUT2D eigenvalue weighted by Crippen LogP contribution is 2.39. The van der Waals surface area contributed by atoms with E-state index in [1.165, 1.54) is 24.0 Å². The van der Waals surface area contributed by atoms with Crippen molar-refractivity contribution in [2.24, 2.45) is 0 Å². The van der Waals surface area contributed by atoms with Crippen LogP contribution in [0.1, 0.15) is 41.3 Å². The molecule has 0 bridgehead atoms. The van der Waals surface area contributed by atoms with Crippen LogP contribution in [0.5, 0.6) is 0 Å². The van der Waals surface area contributed by atoms with Crippen LogP contribution in [-0.4, -0.2) is 51.3 Å². The molecular weight excluding hydrogens is 416 g/mol. The molecule has 1 heterocycles. The number of aromatic nitrogens is 3. The molecular formula is C25H30N6S. The second kappa shape index (κ2) is 10.2. The smallest absolute Gasteiger partial charge is 0.199 e. The molecule has 1 aliphatic rings. The van der Waals surface area contributed by atoms with Crippen molar-refractivity contribution in [3.63, 3.8) is 0 Å². The lowest BCUT2D eigenvalue weighted by Gasteiger charge is -2.24. The minimum Gasteiger partial charge on any atom is -0.308 e. The van der Waals surface area contributed by atoms with E-state index in [0.717, 1.165) is 36.8 Å². The highest BCUT2D eigenvalue weighted by Gasteiger charge is 2.30. The number of rotatable bonds is 10. The van der Waals surface area contributed by atoms with Crippen LogP contribution in [-0.2, 0) is 19.8 Å². The van der Waals surface area contributed by atoms with Gasteiger partial charge < -0.3 is 4.90 Å². The number of benzene rings is 2. The summed E-state index contributed by atoms with van der Waals surface area (Å²) in [5, 5.41) is 14.1. The fraction of sp³-hybridized carbons (Fsp3) is 0.400. The van der Waals surface area contributed by atoms with Gasteiger partial charge in [0.05, 0.1) is 24.8 Å². The molecule has 4 rings (SSSR count). The summed E-state index contributed by atoms with van der Waals surface area (Å²) in [7, 11) is 4.18. The Morgan fingerprint density at radius 2 is 1.75 bits per heavy atom. The third-order valence-corrected chi connectivity index (χ3v) is 6.20. The van der Waals surface area contributed by atoms with E-state index in [1.54, 1.807) is 0 Å². The van der Waals surface area contributed by atoms with Crippen molar-refractivity contribution in [2.75, 3.05) is 27.2 Å². The minimum atomic E-state index is 0.524. The monoisotopic (exact) mass is 446 g/mol. The van der Waals surface area contributed by atoms with Gasteiger partial charge in [0, 0.05) is 25.6 Å². The zero-order valence-corrected chi connectivity index (χ0v) is 19.6.